The van der Waals surface area contributed by atoms with Gasteiger partial charge in [0.1, 0.15) is 11.5 Å². The molecular weight excluding hydrogens is 236 g/mol. The second-order valence-electron chi connectivity index (χ2n) is 4.55. The molecule has 98 valence electrons. The highest BCUT2D eigenvalue weighted by Crippen LogP contribution is 2.11. The molecule has 0 aromatic heterocycles. The Morgan fingerprint density at radius 3 is 2.42 bits per heavy atom. The SMILES string of the molecule is Cc1ccccc1CC(=O)CCOc1ccccc1. The first-order valence-corrected chi connectivity index (χ1v) is 6.50. The molecule has 0 spiro atoms. The molecule has 0 saturated heterocycles. The highest BCUT2D eigenvalue weighted by Gasteiger charge is 2.06. The van der Waals surface area contributed by atoms with Crippen molar-refractivity contribution in [3.63, 3.8) is 0 Å². The Hall–Kier alpha value is -2.09. The van der Waals surface area contributed by atoms with Crippen LogP contribution in [0.25, 0.3) is 0 Å². The number of ether oxygens (including phenoxy) is 1. The standard InChI is InChI=1S/C17H18O2/c1-14-7-5-6-8-15(14)13-16(18)11-12-19-17-9-3-2-4-10-17/h2-10H,11-13H2,1H3. The Morgan fingerprint density at radius 2 is 1.68 bits per heavy atom. The Morgan fingerprint density at radius 1 is 1.00 bits per heavy atom. The second-order valence-corrected chi connectivity index (χ2v) is 4.55. The predicted octanol–water partition coefficient (Wildman–Crippen LogP) is 3.58. The Labute approximate surface area is 114 Å². The van der Waals surface area contributed by atoms with Gasteiger partial charge in [0.15, 0.2) is 0 Å². The van der Waals surface area contributed by atoms with E-state index in [2.05, 4.69) is 0 Å². The second kappa shape index (κ2) is 6.74. The van der Waals surface area contributed by atoms with Crippen LogP contribution in [-0.4, -0.2) is 12.4 Å². The molecular formula is C17H18O2. The maximum absolute atomic E-state index is 11.9. The lowest BCUT2D eigenvalue weighted by Crippen LogP contribution is -2.09. The fraction of sp³-hybridized carbons (Fsp3) is 0.235. The van der Waals surface area contributed by atoms with Gasteiger partial charge in [-0.25, -0.2) is 0 Å². The monoisotopic (exact) mass is 254 g/mol. The van der Waals surface area contributed by atoms with Crippen molar-refractivity contribution in [1.82, 2.24) is 0 Å². The van der Waals surface area contributed by atoms with Crippen molar-refractivity contribution in [1.29, 1.82) is 0 Å². The molecule has 0 heterocycles. The van der Waals surface area contributed by atoms with E-state index in [4.69, 9.17) is 4.74 Å². The van der Waals surface area contributed by atoms with Crippen molar-refractivity contribution < 1.29 is 9.53 Å². The minimum Gasteiger partial charge on any atom is -0.493 e. The topological polar surface area (TPSA) is 26.3 Å². The van der Waals surface area contributed by atoms with Crippen LogP contribution >= 0.6 is 0 Å². The molecule has 2 rings (SSSR count). The average Bonchev–Trinajstić information content (AvgIpc) is 2.43. The van der Waals surface area contributed by atoms with Crippen molar-refractivity contribution in [3.05, 3.63) is 65.7 Å². The third kappa shape index (κ3) is 4.25. The number of carbonyl (C=O) groups excluding carboxylic acids is 1. The van der Waals surface area contributed by atoms with E-state index in [9.17, 15) is 4.79 Å². The van der Waals surface area contributed by atoms with E-state index in [-0.39, 0.29) is 5.78 Å². The molecule has 0 N–H and O–H groups in total. The molecule has 0 bridgehead atoms. The summed E-state index contributed by atoms with van der Waals surface area (Å²) in [5.74, 6) is 1.02. The maximum Gasteiger partial charge on any atom is 0.140 e. The summed E-state index contributed by atoms with van der Waals surface area (Å²) in [5, 5.41) is 0. The Bertz CT molecular complexity index is 532. The minimum absolute atomic E-state index is 0.213. The van der Waals surface area contributed by atoms with E-state index in [1.807, 2.05) is 61.5 Å². The van der Waals surface area contributed by atoms with E-state index >= 15 is 0 Å². The lowest BCUT2D eigenvalue weighted by Gasteiger charge is -2.06. The van der Waals surface area contributed by atoms with Crippen LogP contribution in [0.5, 0.6) is 5.75 Å². The molecule has 0 aliphatic heterocycles. The van der Waals surface area contributed by atoms with Crippen molar-refractivity contribution in [2.24, 2.45) is 0 Å². The van der Waals surface area contributed by atoms with Crippen LogP contribution in [0.4, 0.5) is 0 Å². The van der Waals surface area contributed by atoms with Crippen molar-refractivity contribution >= 4 is 5.78 Å². The molecule has 0 saturated carbocycles. The van der Waals surface area contributed by atoms with Gasteiger partial charge in [-0.15, -0.1) is 0 Å². The quantitative estimate of drug-likeness (QED) is 0.787. The van der Waals surface area contributed by atoms with Crippen LogP contribution in [0.15, 0.2) is 54.6 Å². The molecule has 0 unspecified atom stereocenters. The number of aryl methyl sites for hydroxylation is 1. The van der Waals surface area contributed by atoms with Gasteiger partial charge in [-0.3, -0.25) is 4.79 Å². The van der Waals surface area contributed by atoms with Crippen LogP contribution in [0.3, 0.4) is 0 Å². The van der Waals surface area contributed by atoms with Crippen molar-refractivity contribution in [3.8, 4) is 5.75 Å². The van der Waals surface area contributed by atoms with Crippen LogP contribution in [0, 0.1) is 6.92 Å². The average molecular weight is 254 g/mol. The molecule has 19 heavy (non-hydrogen) atoms. The van der Waals surface area contributed by atoms with Gasteiger partial charge in [-0.1, -0.05) is 42.5 Å². The molecule has 2 heteroatoms. The summed E-state index contributed by atoms with van der Waals surface area (Å²) >= 11 is 0. The van der Waals surface area contributed by atoms with E-state index in [0.29, 0.717) is 19.4 Å². The third-order valence-corrected chi connectivity index (χ3v) is 3.04. The summed E-state index contributed by atoms with van der Waals surface area (Å²) in [7, 11) is 0. The summed E-state index contributed by atoms with van der Waals surface area (Å²) in [4.78, 5) is 11.9. The van der Waals surface area contributed by atoms with Crippen LogP contribution < -0.4 is 4.74 Å². The van der Waals surface area contributed by atoms with Gasteiger partial charge >= 0.3 is 0 Å². The van der Waals surface area contributed by atoms with Crippen LogP contribution in [-0.2, 0) is 11.2 Å². The third-order valence-electron chi connectivity index (χ3n) is 3.04. The number of ketones is 1. The number of rotatable bonds is 6. The molecule has 2 aromatic rings. The number of Topliss-reactive ketones (excluding diaryl/α,β-unsaturated/α-hetero) is 1. The first-order chi connectivity index (χ1) is 9.25. The molecule has 2 nitrogen and oxygen atoms in total. The minimum atomic E-state index is 0.213. The van der Waals surface area contributed by atoms with Gasteiger partial charge in [0.25, 0.3) is 0 Å². The van der Waals surface area contributed by atoms with E-state index in [1.54, 1.807) is 0 Å². The summed E-state index contributed by atoms with van der Waals surface area (Å²) in [6.45, 7) is 2.47. The highest BCUT2D eigenvalue weighted by molar-refractivity contribution is 5.81. The molecule has 0 fully saturated rings. The molecule has 0 amide bonds. The van der Waals surface area contributed by atoms with E-state index in [0.717, 1.165) is 11.3 Å². The Balaban J connectivity index is 1.78. The van der Waals surface area contributed by atoms with Crippen LogP contribution in [0.2, 0.25) is 0 Å². The summed E-state index contributed by atoms with van der Waals surface area (Å²) in [6, 6.07) is 17.6. The number of para-hydroxylation sites is 1. The van der Waals surface area contributed by atoms with Gasteiger partial charge < -0.3 is 4.74 Å². The molecule has 0 atom stereocenters. The van der Waals surface area contributed by atoms with E-state index < -0.39 is 0 Å². The zero-order chi connectivity index (χ0) is 13.5. The highest BCUT2D eigenvalue weighted by atomic mass is 16.5. The van der Waals surface area contributed by atoms with Crippen molar-refractivity contribution in [2.45, 2.75) is 19.8 Å². The molecule has 0 radical (unpaired) electrons. The maximum atomic E-state index is 11.9. The van der Waals surface area contributed by atoms with Gasteiger partial charge in [-0.2, -0.15) is 0 Å². The lowest BCUT2D eigenvalue weighted by atomic mass is 10.0. The first-order valence-electron chi connectivity index (χ1n) is 6.50. The molecule has 0 aliphatic rings. The largest absolute Gasteiger partial charge is 0.493 e. The predicted molar refractivity (Wildman–Crippen MR) is 76.4 cm³/mol. The summed E-state index contributed by atoms with van der Waals surface area (Å²) in [6.07, 6.45) is 0.939. The smallest absolute Gasteiger partial charge is 0.140 e. The molecule has 2 aromatic carbocycles. The molecule has 0 aliphatic carbocycles. The number of hydrogen-bond acceptors (Lipinski definition) is 2. The number of hydrogen-bond donors (Lipinski definition) is 0. The van der Waals surface area contributed by atoms with Gasteiger partial charge in [0.05, 0.1) is 6.61 Å². The number of benzene rings is 2. The van der Waals surface area contributed by atoms with Gasteiger partial charge in [0, 0.05) is 12.8 Å². The normalized spacial score (nSPS) is 10.2. The fourth-order valence-electron chi connectivity index (χ4n) is 1.91. The van der Waals surface area contributed by atoms with Gasteiger partial charge in [-0.05, 0) is 30.2 Å². The summed E-state index contributed by atoms with van der Waals surface area (Å²) in [5.41, 5.74) is 2.27. The first kappa shape index (κ1) is 13.3. The zero-order valence-electron chi connectivity index (χ0n) is 11.1. The lowest BCUT2D eigenvalue weighted by molar-refractivity contribution is -0.118. The van der Waals surface area contributed by atoms with Crippen molar-refractivity contribution in [2.75, 3.05) is 6.61 Å². The van der Waals surface area contributed by atoms with Gasteiger partial charge in [0.2, 0.25) is 0 Å². The van der Waals surface area contributed by atoms with Crippen LogP contribution in [0.1, 0.15) is 17.5 Å². The van der Waals surface area contributed by atoms with E-state index in [1.165, 1.54) is 5.56 Å². The Kier molecular flexibility index (Phi) is 4.73. The number of carbonyl (C=O) groups is 1. The fourth-order valence-corrected chi connectivity index (χ4v) is 1.91. The summed E-state index contributed by atoms with van der Waals surface area (Å²) < 4.78 is 5.52. The zero-order valence-corrected chi connectivity index (χ0v) is 11.1.